The van der Waals surface area contributed by atoms with Crippen molar-refractivity contribution in [2.45, 2.75) is 45.3 Å². The summed E-state index contributed by atoms with van der Waals surface area (Å²) in [5, 5.41) is 0. The number of amides is 1. The van der Waals surface area contributed by atoms with Crippen molar-refractivity contribution in [1.82, 2.24) is 4.90 Å². The van der Waals surface area contributed by atoms with Crippen LogP contribution in [-0.4, -0.2) is 36.0 Å². The van der Waals surface area contributed by atoms with E-state index in [0.29, 0.717) is 25.1 Å². The first kappa shape index (κ1) is 16.3. The summed E-state index contributed by atoms with van der Waals surface area (Å²) in [7, 11) is 1.58. The van der Waals surface area contributed by atoms with Gasteiger partial charge in [-0.3, -0.25) is 9.69 Å². The first-order chi connectivity index (χ1) is 10.3. The van der Waals surface area contributed by atoms with Crippen LogP contribution in [-0.2, 0) is 9.53 Å². The highest BCUT2D eigenvalue weighted by Gasteiger charge is 2.36. The number of likely N-dealkylation sites (tertiary alicyclic amines) is 1. The van der Waals surface area contributed by atoms with Crippen LogP contribution in [0.3, 0.4) is 0 Å². The van der Waals surface area contributed by atoms with E-state index in [2.05, 4.69) is 0 Å². The van der Waals surface area contributed by atoms with Crippen LogP contribution in [0.15, 0.2) is 24.3 Å². The molecule has 1 unspecified atom stereocenters. The Morgan fingerprint density at radius 3 is 2.68 bits per heavy atom. The smallest absolute Gasteiger partial charge is 0.411 e. The van der Waals surface area contributed by atoms with Crippen LogP contribution >= 0.6 is 0 Å². The molecule has 22 heavy (non-hydrogen) atoms. The van der Waals surface area contributed by atoms with Gasteiger partial charge in [-0.15, -0.1) is 0 Å². The van der Waals surface area contributed by atoms with E-state index in [4.69, 9.17) is 9.47 Å². The van der Waals surface area contributed by atoms with Gasteiger partial charge in [-0.25, -0.2) is 4.79 Å². The minimum absolute atomic E-state index is 0.0327. The maximum atomic E-state index is 12.4. The van der Waals surface area contributed by atoms with E-state index < -0.39 is 17.7 Å². The molecule has 1 aromatic rings. The molecule has 5 heteroatoms. The van der Waals surface area contributed by atoms with Crippen LogP contribution in [0.5, 0.6) is 5.75 Å². The molecule has 0 aromatic heterocycles. The number of methoxy groups -OCH3 is 1. The maximum absolute atomic E-state index is 12.4. The number of carbonyl (C=O) groups is 2. The fourth-order valence-electron chi connectivity index (χ4n) is 2.56. The van der Waals surface area contributed by atoms with Crippen LogP contribution in [0.1, 0.15) is 45.2 Å². The number of hydrogen-bond acceptors (Lipinski definition) is 4. The first-order valence-electron chi connectivity index (χ1n) is 7.48. The van der Waals surface area contributed by atoms with Crippen LogP contribution < -0.4 is 4.74 Å². The number of nitrogens with zero attached hydrogens (tertiary/aromatic N) is 1. The third-order valence-corrected chi connectivity index (χ3v) is 3.48. The van der Waals surface area contributed by atoms with Crippen molar-refractivity contribution >= 4 is 11.9 Å². The van der Waals surface area contributed by atoms with Crippen LogP contribution in [0.25, 0.3) is 0 Å². The lowest BCUT2D eigenvalue weighted by Gasteiger charge is -2.36. The Balaban J connectivity index is 2.30. The van der Waals surface area contributed by atoms with Crippen molar-refractivity contribution in [3.05, 3.63) is 29.8 Å². The zero-order chi connectivity index (χ0) is 16.3. The van der Waals surface area contributed by atoms with Crippen LogP contribution in [0, 0.1) is 0 Å². The van der Waals surface area contributed by atoms with Gasteiger partial charge in [0.15, 0.2) is 5.78 Å². The van der Waals surface area contributed by atoms with Crippen molar-refractivity contribution in [3.63, 3.8) is 0 Å². The summed E-state index contributed by atoms with van der Waals surface area (Å²) in [6.07, 6.45) is 0.688. The number of ether oxygens (including phenoxy) is 2. The molecule has 0 aliphatic carbocycles. The molecule has 0 spiro atoms. The highest BCUT2D eigenvalue weighted by atomic mass is 16.6. The summed E-state index contributed by atoms with van der Waals surface area (Å²) >= 11 is 0. The quantitative estimate of drug-likeness (QED) is 0.841. The molecule has 1 atom stereocenters. The van der Waals surface area contributed by atoms with Gasteiger partial charge in [0, 0.05) is 13.0 Å². The Bertz CT molecular complexity index is 562. The van der Waals surface area contributed by atoms with E-state index in [-0.39, 0.29) is 5.78 Å². The first-order valence-corrected chi connectivity index (χ1v) is 7.48. The zero-order valence-electron chi connectivity index (χ0n) is 13.6. The monoisotopic (exact) mass is 305 g/mol. The van der Waals surface area contributed by atoms with Crippen molar-refractivity contribution in [1.29, 1.82) is 0 Å². The molecule has 1 aromatic carbocycles. The fraction of sp³-hybridized carbons (Fsp3) is 0.529. The molecule has 1 aliphatic heterocycles. The summed E-state index contributed by atoms with van der Waals surface area (Å²) in [6.45, 7) is 5.97. The SMILES string of the molecule is COc1cccc(C2C(=O)CCCN2C(=O)OC(C)(C)C)c1. The highest BCUT2D eigenvalue weighted by Crippen LogP contribution is 2.31. The molecule has 1 amide bonds. The average molecular weight is 305 g/mol. The Labute approximate surface area is 131 Å². The van der Waals surface area contributed by atoms with Crippen LogP contribution in [0.2, 0.25) is 0 Å². The molecule has 120 valence electrons. The zero-order valence-corrected chi connectivity index (χ0v) is 13.6. The summed E-state index contributed by atoms with van der Waals surface area (Å²) in [4.78, 5) is 26.3. The lowest BCUT2D eigenvalue weighted by molar-refractivity contribution is -0.127. The number of benzene rings is 1. The second-order valence-electron chi connectivity index (χ2n) is 6.42. The number of hydrogen-bond donors (Lipinski definition) is 0. The van der Waals surface area contributed by atoms with E-state index in [1.807, 2.05) is 39.0 Å². The standard InChI is InChI=1S/C17H23NO4/c1-17(2,3)22-16(20)18-10-6-9-14(19)15(18)12-7-5-8-13(11-12)21-4/h5,7-8,11,15H,6,9-10H2,1-4H3. The maximum Gasteiger partial charge on any atom is 0.411 e. The largest absolute Gasteiger partial charge is 0.497 e. The molecule has 1 aliphatic rings. The lowest BCUT2D eigenvalue weighted by Crippen LogP contribution is -2.45. The van der Waals surface area contributed by atoms with Gasteiger partial charge in [-0.05, 0) is 44.9 Å². The van der Waals surface area contributed by atoms with E-state index in [0.717, 1.165) is 5.56 Å². The molecular formula is C17H23NO4. The molecule has 1 saturated heterocycles. The topological polar surface area (TPSA) is 55.8 Å². The van der Waals surface area contributed by atoms with Gasteiger partial charge < -0.3 is 9.47 Å². The van der Waals surface area contributed by atoms with Crippen molar-refractivity contribution < 1.29 is 19.1 Å². The summed E-state index contributed by atoms with van der Waals surface area (Å²) in [6, 6.07) is 6.68. The predicted molar refractivity (Wildman–Crippen MR) is 82.9 cm³/mol. The minimum atomic E-state index is -0.598. The molecule has 5 nitrogen and oxygen atoms in total. The molecule has 2 rings (SSSR count). The van der Waals surface area contributed by atoms with Gasteiger partial charge in [0.1, 0.15) is 17.4 Å². The third kappa shape index (κ3) is 3.78. The Morgan fingerprint density at radius 1 is 1.32 bits per heavy atom. The third-order valence-electron chi connectivity index (χ3n) is 3.48. The molecule has 0 N–H and O–H groups in total. The van der Waals surface area contributed by atoms with Gasteiger partial charge in [0.2, 0.25) is 0 Å². The Morgan fingerprint density at radius 2 is 2.05 bits per heavy atom. The summed E-state index contributed by atoms with van der Waals surface area (Å²) < 4.78 is 10.6. The van der Waals surface area contributed by atoms with Gasteiger partial charge in [0.05, 0.1) is 7.11 Å². The van der Waals surface area contributed by atoms with Gasteiger partial charge >= 0.3 is 6.09 Å². The highest BCUT2D eigenvalue weighted by molar-refractivity contribution is 5.89. The van der Waals surface area contributed by atoms with Crippen molar-refractivity contribution in [2.24, 2.45) is 0 Å². The molecule has 0 bridgehead atoms. The van der Waals surface area contributed by atoms with Crippen molar-refractivity contribution in [3.8, 4) is 5.75 Å². The van der Waals surface area contributed by atoms with E-state index in [1.54, 1.807) is 13.2 Å². The number of Topliss-reactive ketones (excluding diaryl/α,β-unsaturated/α-hetero) is 1. The van der Waals surface area contributed by atoms with Gasteiger partial charge in [-0.1, -0.05) is 12.1 Å². The summed E-state index contributed by atoms with van der Waals surface area (Å²) in [5.74, 6) is 0.699. The Kier molecular flexibility index (Phi) is 4.74. The van der Waals surface area contributed by atoms with E-state index >= 15 is 0 Å². The normalized spacial score (nSPS) is 19.0. The summed E-state index contributed by atoms with van der Waals surface area (Å²) in [5.41, 5.74) is 0.172. The van der Waals surface area contributed by atoms with Crippen LogP contribution in [0.4, 0.5) is 4.79 Å². The van der Waals surface area contributed by atoms with Gasteiger partial charge in [-0.2, -0.15) is 0 Å². The fourth-order valence-corrected chi connectivity index (χ4v) is 2.56. The molecule has 1 heterocycles. The molecule has 1 fully saturated rings. The molecule has 0 radical (unpaired) electrons. The molecule has 0 saturated carbocycles. The lowest BCUT2D eigenvalue weighted by atomic mass is 9.94. The molecular weight excluding hydrogens is 282 g/mol. The second kappa shape index (κ2) is 6.38. The predicted octanol–water partition coefficient (Wildman–Crippen LogP) is 3.34. The number of piperidine rings is 1. The Hall–Kier alpha value is -2.04. The van der Waals surface area contributed by atoms with E-state index in [9.17, 15) is 9.59 Å². The van der Waals surface area contributed by atoms with E-state index in [1.165, 1.54) is 4.90 Å². The second-order valence-corrected chi connectivity index (χ2v) is 6.42. The minimum Gasteiger partial charge on any atom is -0.497 e. The number of rotatable bonds is 2. The van der Waals surface area contributed by atoms with Gasteiger partial charge in [0.25, 0.3) is 0 Å². The average Bonchev–Trinajstić information content (AvgIpc) is 2.45. The number of ketones is 1. The number of carbonyl (C=O) groups excluding carboxylic acids is 2. The van der Waals surface area contributed by atoms with Crippen molar-refractivity contribution in [2.75, 3.05) is 13.7 Å².